The van der Waals surface area contributed by atoms with E-state index < -0.39 is 0 Å². The molecule has 2 saturated carbocycles. The van der Waals surface area contributed by atoms with E-state index in [2.05, 4.69) is 5.32 Å². The van der Waals surface area contributed by atoms with Crippen LogP contribution < -0.4 is 5.32 Å². The van der Waals surface area contributed by atoms with Crippen molar-refractivity contribution in [2.45, 2.75) is 32.2 Å². The molecule has 3 unspecified atom stereocenters. The second-order valence-corrected chi connectivity index (χ2v) is 4.38. The number of fused-ring (bicyclic) bond motifs is 1. The van der Waals surface area contributed by atoms with Crippen LogP contribution in [0.4, 0.5) is 0 Å². The van der Waals surface area contributed by atoms with Gasteiger partial charge in [-0.1, -0.05) is 6.42 Å². The Kier molecular flexibility index (Phi) is 2.28. The number of carbonyl (C=O) groups is 1. The van der Waals surface area contributed by atoms with Crippen molar-refractivity contribution in [3.63, 3.8) is 0 Å². The molecule has 0 aromatic rings. The lowest BCUT2D eigenvalue weighted by Gasteiger charge is -2.11. The minimum absolute atomic E-state index is 0.0355. The molecule has 3 nitrogen and oxygen atoms in total. The van der Waals surface area contributed by atoms with Crippen LogP contribution in [0.5, 0.6) is 0 Å². The van der Waals surface area contributed by atoms with Crippen molar-refractivity contribution in [2.24, 2.45) is 17.8 Å². The normalized spacial score (nSPS) is 38.2. The van der Waals surface area contributed by atoms with E-state index in [0.717, 1.165) is 0 Å². The zero-order chi connectivity index (χ0) is 9.42. The second-order valence-electron chi connectivity index (χ2n) is 4.38. The smallest absolute Gasteiger partial charge is 0.223 e. The first-order chi connectivity index (χ1) is 6.24. The average molecular weight is 183 g/mol. The number of hydrogen-bond donors (Lipinski definition) is 2. The highest BCUT2D eigenvalue weighted by Crippen LogP contribution is 2.57. The van der Waals surface area contributed by atoms with E-state index in [0.29, 0.717) is 11.8 Å². The molecular weight excluding hydrogens is 166 g/mol. The number of rotatable bonds is 3. The molecule has 2 aliphatic rings. The molecule has 0 aliphatic heterocycles. The molecule has 0 aromatic heterocycles. The van der Waals surface area contributed by atoms with Gasteiger partial charge in [0.05, 0.1) is 6.61 Å². The summed E-state index contributed by atoms with van der Waals surface area (Å²) in [5, 5.41) is 11.6. The molecule has 0 bridgehead atoms. The van der Waals surface area contributed by atoms with Crippen LogP contribution in [0.15, 0.2) is 0 Å². The first-order valence-corrected chi connectivity index (χ1v) is 5.15. The fourth-order valence-corrected chi connectivity index (χ4v) is 2.60. The molecule has 2 N–H and O–H groups in total. The van der Waals surface area contributed by atoms with Gasteiger partial charge in [0, 0.05) is 12.0 Å². The van der Waals surface area contributed by atoms with Crippen LogP contribution in [0.25, 0.3) is 0 Å². The predicted molar refractivity (Wildman–Crippen MR) is 49.0 cm³/mol. The van der Waals surface area contributed by atoms with Crippen LogP contribution in [-0.4, -0.2) is 23.7 Å². The topological polar surface area (TPSA) is 49.3 Å². The highest BCUT2D eigenvalue weighted by atomic mass is 16.3. The number of aliphatic hydroxyl groups excluding tert-OH is 1. The first-order valence-electron chi connectivity index (χ1n) is 5.15. The summed E-state index contributed by atoms with van der Waals surface area (Å²) in [7, 11) is 0. The van der Waals surface area contributed by atoms with Crippen molar-refractivity contribution >= 4 is 5.91 Å². The van der Waals surface area contributed by atoms with Crippen molar-refractivity contribution in [3.05, 3.63) is 0 Å². The van der Waals surface area contributed by atoms with Gasteiger partial charge in [-0.2, -0.15) is 0 Å². The predicted octanol–water partition coefficient (Wildman–Crippen LogP) is 0.529. The van der Waals surface area contributed by atoms with Crippen LogP contribution in [0.3, 0.4) is 0 Å². The van der Waals surface area contributed by atoms with E-state index in [1.54, 1.807) is 0 Å². The average Bonchev–Trinajstić information content (AvgIpc) is 2.61. The lowest BCUT2D eigenvalue weighted by Crippen LogP contribution is -2.36. The van der Waals surface area contributed by atoms with Crippen molar-refractivity contribution in [3.8, 4) is 0 Å². The highest BCUT2D eigenvalue weighted by Gasteiger charge is 2.56. The van der Waals surface area contributed by atoms with Crippen molar-refractivity contribution in [1.29, 1.82) is 0 Å². The maximum Gasteiger partial charge on any atom is 0.223 e. The minimum Gasteiger partial charge on any atom is -0.394 e. The molecule has 0 saturated heterocycles. The van der Waals surface area contributed by atoms with E-state index >= 15 is 0 Å². The molecule has 2 fully saturated rings. The molecule has 0 spiro atoms. The zero-order valence-corrected chi connectivity index (χ0v) is 7.99. The molecule has 13 heavy (non-hydrogen) atoms. The second kappa shape index (κ2) is 3.29. The molecular formula is C10H17NO2. The Balaban J connectivity index is 1.80. The molecule has 2 aliphatic carbocycles. The van der Waals surface area contributed by atoms with Gasteiger partial charge >= 0.3 is 0 Å². The SMILES string of the molecule is CC(CO)NC(=O)C1C2CCCC21. The molecule has 3 atom stereocenters. The Morgan fingerprint density at radius 2 is 2.15 bits per heavy atom. The van der Waals surface area contributed by atoms with Crippen LogP contribution in [0.1, 0.15) is 26.2 Å². The first kappa shape index (κ1) is 9.00. The number of nitrogens with one attached hydrogen (secondary N) is 1. The van der Waals surface area contributed by atoms with E-state index in [1.165, 1.54) is 19.3 Å². The molecule has 0 aromatic carbocycles. The summed E-state index contributed by atoms with van der Waals surface area (Å²) in [6, 6.07) is -0.0890. The van der Waals surface area contributed by atoms with E-state index in [-0.39, 0.29) is 24.5 Å². The van der Waals surface area contributed by atoms with E-state index in [9.17, 15) is 4.79 Å². The van der Waals surface area contributed by atoms with Gasteiger partial charge in [0.15, 0.2) is 0 Å². The summed E-state index contributed by atoms with van der Waals surface area (Å²) in [5.41, 5.74) is 0. The maximum atomic E-state index is 11.6. The largest absolute Gasteiger partial charge is 0.394 e. The van der Waals surface area contributed by atoms with Crippen LogP contribution in [0, 0.1) is 17.8 Å². The van der Waals surface area contributed by atoms with Gasteiger partial charge < -0.3 is 10.4 Å². The Morgan fingerprint density at radius 1 is 1.54 bits per heavy atom. The summed E-state index contributed by atoms with van der Waals surface area (Å²) >= 11 is 0. The number of amides is 1. The summed E-state index contributed by atoms with van der Waals surface area (Å²) in [4.78, 5) is 11.6. The molecule has 0 radical (unpaired) electrons. The van der Waals surface area contributed by atoms with Crippen molar-refractivity contribution < 1.29 is 9.90 Å². The molecule has 0 heterocycles. The summed E-state index contributed by atoms with van der Waals surface area (Å²) in [6.07, 6.45) is 3.77. The van der Waals surface area contributed by atoms with E-state index in [4.69, 9.17) is 5.11 Å². The van der Waals surface area contributed by atoms with Crippen LogP contribution in [-0.2, 0) is 4.79 Å². The van der Waals surface area contributed by atoms with Gasteiger partial charge in [0.1, 0.15) is 0 Å². The van der Waals surface area contributed by atoms with Gasteiger partial charge in [-0.25, -0.2) is 0 Å². The number of hydrogen-bond acceptors (Lipinski definition) is 2. The number of carbonyl (C=O) groups excluding carboxylic acids is 1. The Labute approximate surface area is 78.5 Å². The summed E-state index contributed by atoms with van der Waals surface area (Å²) in [6.45, 7) is 1.86. The highest BCUT2D eigenvalue weighted by molar-refractivity contribution is 5.82. The van der Waals surface area contributed by atoms with Crippen LogP contribution in [0.2, 0.25) is 0 Å². The summed E-state index contributed by atoms with van der Waals surface area (Å²) < 4.78 is 0. The Morgan fingerprint density at radius 3 is 2.69 bits per heavy atom. The number of aliphatic hydroxyl groups is 1. The molecule has 2 rings (SSSR count). The molecule has 74 valence electrons. The van der Waals surface area contributed by atoms with Gasteiger partial charge in [0.25, 0.3) is 0 Å². The third-order valence-electron chi connectivity index (χ3n) is 3.37. The lowest BCUT2D eigenvalue weighted by atomic mass is 10.1. The summed E-state index contributed by atoms with van der Waals surface area (Å²) in [5.74, 6) is 1.79. The van der Waals surface area contributed by atoms with E-state index in [1.807, 2.05) is 6.92 Å². The van der Waals surface area contributed by atoms with Gasteiger partial charge in [-0.3, -0.25) is 4.79 Å². The maximum absolute atomic E-state index is 11.6. The van der Waals surface area contributed by atoms with Gasteiger partial charge in [0.2, 0.25) is 5.91 Å². The Hall–Kier alpha value is -0.570. The fraction of sp³-hybridized carbons (Fsp3) is 0.900. The zero-order valence-electron chi connectivity index (χ0n) is 7.99. The standard InChI is InChI=1S/C10H17NO2/c1-6(5-12)11-10(13)9-7-3-2-4-8(7)9/h6-9,12H,2-5H2,1H3,(H,11,13). The quantitative estimate of drug-likeness (QED) is 0.670. The fourth-order valence-electron chi connectivity index (χ4n) is 2.60. The third kappa shape index (κ3) is 1.57. The minimum atomic E-state index is -0.0890. The van der Waals surface area contributed by atoms with Gasteiger partial charge in [-0.15, -0.1) is 0 Å². The van der Waals surface area contributed by atoms with Crippen LogP contribution >= 0.6 is 0 Å². The van der Waals surface area contributed by atoms with Crippen molar-refractivity contribution in [1.82, 2.24) is 5.32 Å². The third-order valence-corrected chi connectivity index (χ3v) is 3.37. The van der Waals surface area contributed by atoms with Gasteiger partial charge in [-0.05, 0) is 31.6 Å². The molecule has 3 heteroatoms. The lowest BCUT2D eigenvalue weighted by molar-refractivity contribution is -0.123. The van der Waals surface area contributed by atoms with Crippen molar-refractivity contribution in [2.75, 3.05) is 6.61 Å². The monoisotopic (exact) mass is 183 g/mol. The molecule has 1 amide bonds. The Bertz CT molecular complexity index is 207.